The van der Waals surface area contributed by atoms with Gasteiger partial charge < -0.3 is 10.3 Å². The average molecular weight is 327 g/mol. The van der Waals surface area contributed by atoms with Crippen molar-refractivity contribution in [2.45, 2.75) is 24.9 Å². The Bertz CT molecular complexity index is 777. The molecular formula is C13H15ClN4O2S. The van der Waals surface area contributed by atoms with Gasteiger partial charge in [0.15, 0.2) is 0 Å². The van der Waals surface area contributed by atoms with E-state index in [4.69, 9.17) is 17.3 Å². The van der Waals surface area contributed by atoms with Crippen molar-refractivity contribution in [3.8, 4) is 0 Å². The molecule has 1 aromatic heterocycles. The molecule has 0 fully saturated rings. The monoisotopic (exact) mass is 326 g/mol. The second kappa shape index (κ2) is 5.01. The molecular weight excluding hydrogens is 312 g/mol. The fourth-order valence-electron chi connectivity index (χ4n) is 2.33. The standard InChI is InChI=1S/C13H15ClN4O2S/c1-9-11(14)6-10(7-12(9)15)21(19,20)18-5-4-17-3-2-16-13(17)8-18/h2-3,6-7H,4-5,8,15H2,1H3. The number of fused-ring (bicyclic) bond motifs is 1. The van der Waals surface area contributed by atoms with E-state index in [1.54, 1.807) is 13.1 Å². The molecule has 0 saturated carbocycles. The topological polar surface area (TPSA) is 81.2 Å². The number of nitrogens with two attached hydrogens (primary N) is 1. The minimum Gasteiger partial charge on any atom is -0.398 e. The Balaban J connectivity index is 1.98. The number of sulfonamides is 1. The Morgan fingerprint density at radius 1 is 1.33 bits per heavy atom. The van der Waals surface area contributed by atoms with Gasteiger partial charge in [-0.15, -0.1) is 0 Å². The molecule has 1 aromatic carbocycles. The fraction of sp³-hybridized carbons (Fsp3) is 0.308. The van der Waals surface area contributed by atoms with Gasteiger partial charge in [-0.3, -0.25) is 0 Å². The van der Waals surface area contributed by atoms with Crippen molar-refractivity contribution in [3.63, 3.8) is 0 Å². The predicted octanol–water partition coefficient (Wildman–Crippen LogP) is 1.63. The van der Waals surface area contributed by atoms with Crippen LogP contribution in [0.5, 0.6) is 0 Å². The molecule has 2 heterocycles. The van der Waals surface area contributed by atoms with Crippen molar-refractivity contribution in [3.05, 3.63) is 40.9 Å². The summed E-state index contributed by atoms with van der Waals surface area (Å²) >= 11 is 6.05. The highest BCUT2D eigenvalue weighted by Crippen LogP contribution is 2.29. The molecule has 0 amide bonds. The number of hydrogen-bond donors (Lipinski definition) is 1. The highest BCUT2D eigenvalue weighted by Gasteiger charge is 2.29. The molecule has 3 rings (SSSR count). The van der Waals surface area contributed by atoms with Gasteiger partial charge in [0.1, 0.15) is 5.82 Å². The van der Waals surface area contributed by atoms with Crippen LogP contribution in [0.15, 0.2) is 29.4 Å². The summed E-state index contributed by atoms with van der Waals surface area (Å²) in [5.74, 6) is 0.732. The largest absolute Gasteiger partial charge is 0.398 e. The number of hydrogen-bond acceptors (Lipinski definition) is 4. The molecule has 0 spiro atoms. The maximum absolute atomic E-state index is 12.7. The van der Waals surface area contributed by atoms with Crippen LogP contribution >= 0.6 is 11.6 Å². The molecule has 8 heteroatoms. The summed E-state index contributed by atoms with van der Waals surface area (Å²) in [5.41, 5.74) is 6.88. The van der Waals surface area contributed by atoms with Crippen LogP contribution in [0, 0.1) is 6.92 Å². The zero-order valence-electron chi connectivity index (χ0n) is 11.5. The number of benzene rings is 1. The van der Waals surface area contributed by atoms with Crippen LogP contribution in [0.2, 0.25) is 5.02 Å². The number of nitrogen functional groups attached to an aromatic ring is 1. The van der Waals surface area contributed by atoms with Crippen molar-refractivity contribution >= 4 is 27.3 Å². The van der Waals surface area contributed by atoms with Gasteiger partial charge in [0, 0.05) is 36.2 Å². The van der Waals surface area contributed by atoms with Gasteiger partial charge in [0.05, 0.1) is 11.4 Å². The third-order valence-corrected chi connectivity index (χ3v) is 5.92. The van der Waals surface area contributed by atoms with E-state index in [2.05, 4.69) is 4.98 Å². The number of nitrogens with zero attached hydrogens (tertiary/aromatic N) is 3. The van der Waals surface area contributed by atoms with Gasteiger partial charge in [-0.2, -0.15) is 4.31 Å². The summed E-state index contributed by atoms with van der Waals surface area (Å²) in [4.78, 5) is 4.29. The van der Waals surface area contributed by atoms with E-state index >= 15 is 0 Å². The smallest absolute Gasteiger partial charge is 0.243 e. The molecule has 0 atom stereocenters. The lowest BCUT2D eigenvalue weighted by molar-refractivity contribution is 0.335. The van der Waals surface area contributed by atoms with E-state index in [1.165, 1.54) is 16.4 Å². The molecule has 0 unspecified atom stereocenters. The SMILES string of the molecule is Cc1c(N)cc(S(=O)(=O)N2CCn3ccnc3C2)cc1Cl. The quantitative estimate of drug-likeness (QED) is 0.850. The molecule has 6 nitrogen and oxygen atoms in total. The summed E-state index contributed by atoms with van der Waals surface area (Å²) in [6, 6.07) is 2.90. The van der Waals surface area contributed by atoms with Crippen LogP contribution < -0.4 is 5.73 Å². The predicted molar refractivity (Wildman–Crippen MR) is 80.4 cm³/mol. The van der Waals surface area contributed by atoms with Crippen LogP contribution in [-0.2, 0) is 23.1 Å². The zero-order chi connectivity index (χ0) is 15.2. The van der Waals surface area contributed by atoms with E-state index in [-0.39, 0.29) is 11.4 Å². The third kappa shape index (κ3) is 2.41. The van der Waals surface area contributed by atoms with Crippen molar-refractivity contribution in [2.75, 3.05) is 12.3 Å². The Morgan fingerprint density at radius 2 is 2.10 bits per heavy atom. The molecule has 1 aliphatic heterocycles. The summed E-state index contributed by atoms with van der Waals surface area (Å²) < 4.78 is 28.8. The molecule has 21 heavy (non-hydrogen) atoms. The van der Waals surface area contributed by atoms with E-state index in [1.807, 2.05) is 10.8 Å². The molecule has 1 aliphatic rings. The lowest BCUT2D eigenvalue weighted by atomic mass is 10.2. The summed E-state index contributed by atoms with van der Waals surface area (Å²) in [5, 5.41) is 0.354. The zero-order valence-corrected chi connectivity index (χ0v) is 13.0. The van der Waals surface area contributed by atoms with E-state index in [9.17, 15) is 8.42 Å². The highest BCUT2D eigenvalue weighted by molar-refractivity contribution is 7.89. The van der Waals surface area contributed by atoms with Gasteiger partial charge in [0.2, 0.25) is 10.0 Å². The normalized spacial score (nSPS) is 15.9. The van der Waals surface area contributed by atoms with E-state index < -0.39 is 10.0 Å². The van der Waals surface area contributed by atoms with Gasteiger partial charge >= 0.3 is 0 Å². The van der Waals surface area contributed by atoms with Crippen molar-refractivity contribution in [1.82, 2.24) is 13.9 Å². The van der Waals surface area contributed by atoms with Crippen LogP contribution in [0.25, 0.3) is 0 Å². The summed E-state index contributed by atoms with van der Waals surface area (Å²) in [6.07, 6.45) is 3.52. The van der Waals surface area contributed by atoms with Crippen LogP contribution in [0.3, 0.4) is 0 Å². The number of anilines is 1. The van der Waals surface area contributed by atoms with E-state index in [0.29, 0.717) is 29.4 Å². The van der Waals surface area contributed by atoms with Crippen molar-refractivity contribution in [2.24, 2.45) is 0 Å². The first-order valence-electron chi connectivity index (χ1n) is 6.45. The Labute approximate surface area is 128 Å². The molecule has 2 aromatic rings. The van der Waals surface area contributed by atoms with Crippen LogP contribution in [0.4, 0.5) is 5.69 Å². The maximum atomic E-state index is 12.7. The van der Waals surface area contributed by atoms with Crippen LogP contribution in [0.1, 0.15) is 11.4 Å². The molecule has 0 radical (unpaired) electrons. The highest BCUT2D eigenvalue weighted by atomic mass is 35.5. The molecule has 0 bridgehead atoms. The van der Waals surface area contributed by atoms with E-state index in [0.717, 1.165) is 5.82 Å². The van der Waals surface area contributed by atoms with Crippen molar-refractivity contribution in [1.29, 1.82) is 0 Å². The minimum absolute atomic E-state index is 0.121. The number of rotatable bonds is 2. The lowest BCUT2D eigenvalue weighted by Crippen LogP contribution is -2.38. The second-order valence-electron chi connectivity index (χ2n) is 4.99. The summed E-state index contributed by atoms with van der Waals surface area (Å²) in [7, 11) is -3.63. The molecule has 2 N–H and O–H groups in total. The van der Waals surface area contributed by atoms with Gasteiger partial charge in [-0.1, -0.05) is 11.6 Å². The Kier molecular flexibility index (Phi) is 3.43. The third-order valence-electron chi connectivity index (χ3n) is 3.71. The van der Waals surface area contributed by atoms with Crippen LogP contribution in [-0.4, -0.2) is 28.8 Å². The van der Waals surface area contributed by atoms with Gasteiger partial charge in [-0.25, -0.2) is 13.4 Å². The minimum atomic E-state index is -3.63. The average Bonchev–Trinajstić information content (AvgIpc) is 2.91. The van der Waals surface area contributed by atoms with Crippen molar-refractivity contribution < 1.29 is 8.42 Å². The molecule has 0 saturated heterocycles. The Hall–Kier alpha value is -1.57. The van der Waals surface area contributed by atoms with Gasteiger partial charge in [0.25, 0.3) is 0 Å². The lowest BCUT2D eigenvalue weighted by Gasteiger charge is -2.27. The summed E-state index contributed by atoms with van der Waals surface area (Å²) in [6.45, 7) is 2.99. The first-order valence-corrected chi connectivity index (χ1v) is 8.27. The molecule has 0 aliphatic carbocycles. The number of halogens is 1. The van der Waals surface area contributed by atoms with Gasteiger partial charge in [-0.05, 0) is 24.6 Å². The maximum Gasteiger partial charge on any atom is 0.243 e. The fourth-order valence-corrected chi connectivity index (χ4v) is 4.07. The first-order chi connectivity index (χ1) is 9.89. The number of aromatic nitrogens is 2. The molecule has 112 valence electrons. The first kappa shape index (κ1) is 14.4. The Morgan fingerprint density at radius 3 is 2.81 bits per heavy atom. The second-order valence-corrected chi connectivity index (χ2v) is 7.34. The number of imidazole rings is 1.